The maximum atomic E-state index is 12.1. The molecule has 1 atom stereocenters. The Bertz CT molecular complexity index is 584. The van der Waals surface area contributed by atoms with Gasteiger partial charge in [-0.3, -0.25) is 4.79 Å². The van der Waals surface area contributed by atoms with Crippen LogP contribution < -0.4 is 11.2 Å². The van der Waals surface area contributed by atoms with Gasteiger partial charge in [0.05, 0.1) is 5.25 Å². The molecule has 0 aliphatic heterocycles. The summed E-state index contributed by atoms with van der Waals surface area (Å²) in [5.74, 6) is 6.46. The van der Waals surface area contributed by atoms with E-state index in [1.165, 1.54) is 16.4 Å². The highest BCUT2D eigenvalue weighted by atomic mass is 32.2. The number of nitrogens with one attached hydrogen (secondary N) is 1. The molecule has 20 heavy (non-hydrogen) atoms. The number of hydrogen-bond acceptors (Lipinski definition) is 5. The lowest BCUT2D eigenvalue weighted by atomic mass is 10.3. The van der Waals surface area contributed by atoms with Crippen LogP contribution in [0.1, 0.15) is 19.7 Å². The van der Waals surface area contributed by atoms with Crippen LogP contribution in [-0.4, -0.2) is 26.0 Å². The fraction of sp³-hybridized carbons (Fsp3) is 0.308. The van der Waals surface area contributed by atoms with Crippen LogP contribution in [0.2, 0.25) is 0 Å². The monoisotopic (exact) mass is 291 g/mol. The lowest BCUT2D eigenvalue weighted by Gasteiger charge is -2.11. The van der Waals surface area contributed by atoms with E-state index < -0.39 is 0 Å². The Morgan fingerprint density at radius 2 is 2.10 bits per heavy atom. The molecule has 2 aromatic rings. The summed E-state index contributed by atoms with van der Waals surface area (Å²) in [6.07, 6.45) is 0.703. The van der Waals surface area contributed by atoms with Gasteiger partial charge in [-0.1, -0.05) is 36.9 Å². The van der Waals surface area contributed by atoms with Gasteiger partial charge in [0.25, 0.3) is 0 Å². The van der Waals surface area contributed by atoms with Gasteiger partial charge in [-0.2, -0.15) is 0 Å². The third kappa shape index (κ3) is 3.30. The van der Waals surface area contributed by atoms with Crippen LogP contribution in [0.5, 0.6) is 0 Å². The molecule has 0 aliphatic carbocycles. The molecule has 106 valence electrons. The zero-order chi connectivity index (χ0) is 14.5. The van der Waals surface area contributed by atoms with Crippen molar-refractivity contribution >= 4 is 23.4 Å². The normalized spacial score (nSPS) is 12.1. The Morgan fingerprint density at radius 1 is 1.40 bits per heavy atom. The van der Waals surface area contributed by atoms with Crippen molar-refractivity contribution in [3.8, 4) is 0 Å². The molecule has 1 aromatic heterocycles. The number of benzene rings is 1. The van der Waals surface area contributed by atoms with E-state index in [0.29, 0.717) is 17.4 Å². The Balaban J connectivity index is 1.99. The van der Waals surface area contributed by atoms with Crippen LogP contribution in [0, 0.1) is 0 Å². The van der Waals surface area contributed by atoms with E-state index in [1.807, 2.05) is 44.2 Å². The smallest absolute Gasteiger partial charge is 0.237 e. The predicted octanol–water partition coefficient (Wildman–Crippen LogP) is 1.67. The van der Waals surface area contributed by atoms with Crippen molar-refractivity contribution in [2.75, 3.05) is 11.2 Å². The van der Waals surface area contributed by atoms with Gasteiger partial charge in [0.15, 0.2) is 5.82 Å². The lowest BCUT2D eigenvalue weighted by Crippen LogP contribution is -2.23. The fourth-order valence-electron chi connectivity index (χ4n) is 1.61. The number of carbonyl (C=O) groups is 1. The van der Waals surface area contributed by atoms with E-state index in [9.17, 15) is 4.79 Å². The van der Waals surface area contributed by atoms with Crippen molar-refractivity contribution in [1.29, 1.82) is 0 Å². The quantitative estimate of drug-likeness (QED) is 0.646. The number of hydrogen-bond donors (Lipinski definition) is 2. The summed E-state index contributed by atoms with van der Waals surface area (Å²) in [6.45, 7) is 3.76. The van der Waals surface area contributed by atoms with Crippen molar-refractivity contribution in [2.24, 2.45) is 0 Å². The summed E-state index contributed by atoms with van der Waals surface area (Å²) >= 11 is 1.29. The summed E-state index contributed by atoms with van der Waals surface area (Å²) < 4.78 is 1.43. The molecule has 1 aromatic carbocycles. The molecule has 0 radical (unpaired) electrons. The second-order valence-electron chi connectivity index (χ2n) is 4.24. The molecule has 1 unspecified atom stereocenters. The number of para-hydroxylation sites is 1. The second-order valence-corrected chi connectivity index (χ2v) is 5.55. The maximum Gasteiger partial charge on any atom is 0.237 e. The molecule has 3 N–H and O–H groups in total. The number of carbonyl (C=O) groups excluding carboxylic acids is 1. The molecule has 0 saturated heterocycles. The van der Waals surface area contributed by atoms with Gasteiger partial charge in [0.2, 0.25) is 11.1 Å². The number of amides is 1. The topological polar surface area (TPSA) is 85.8 Å². The number of nitrogens with zero attached hydrogens (tertiary/aromatic N) is 3. The largest absolute Gasteiger partial charge is 0.336 e. The van der Waals surface area contributed by atoms with Crippen LogP contribution in [-0.2, 0) is 11.2 Å². The summed E-state index contributed by atoms with van der Waals surface area (Å²) in [7, 11) is 0. The highest BCUT2D eigenvalue weighted by Crippen LogP contribution is 2.22. The number of thioether (sulfide) groups is 1. The predicted molar refractivity (Wildman–Crippen MR) is 79.9 cm³/mol. The Hall–Kier alpha value is -2.02. The first-order valence-electron chi connectivity index (χ1n) is 6.33. The molecule has 0 saturated carbocycles. The standard InChI is InChI=1S/C13H17N5OS/c1-3-11-16-17-13(18(11)14)20-9(2)12(19)15-10-7-5-4-6-8-10/h4-9H,3,14H2,1-2H3,(H,15,19). The summed E-state index contributed by atoms with van der Waals surface area (Å²) in [5.41, 5.74) is 0.772. The van der Waals surface area contributed by atoms with Crippen molar-refractivity contribution in [1.82, 2.24) is 14.9 Å². The molecule has 7 heteroatoms. The van der Waals surface area contributed by atoms with Crippen molar-refractivity contribution < 1.29 is 4.79 Å². The van der Waals surface area contributed by atoms with Gasteiger partial charge in [-0.15, -0.1) is 10.2 Å². The molecule has 0 fully saturated rings. The van der Waals surface area contributed by atoms with Crippen LogP contribution in [0.15, 0.2) is 35.5 Å². The van der Waals surface area contributed by atoms with Gasteiger partial charge in [-0.25, -0.2) is 4.68 Å². The molecule has 1 heterocycles. The number of anilines is 1. The molecule has 6 nitrogen and oxygen atoms in total. The third-order valence-electron chi connectivity index (χ3n) is 2.74. The maximum absolute atomic E-state index is 12.1. The highest BCUT2D eigenvalue weighted by Gasteiger charge is 2.18. The zero-order valence-corrected chi connectivity index (χ0v) is 12.2. The molecule has 0 aliphatic rings. The molecule has 2 rings (SSSR count). The minimum atomic E-state index is -0.314. The molecular formula is C13H17N5OS. The number of aryl methyl sites for hydroxylation is 1. The van der Waals surface area contributed by atoms with Crippen LogP contribution in [0.4, 0.5) is 5.69 Å². The number of nitrogen functional groups attached to an aromatic ring is 1. The van der Waals surface area contributed by atoms with Crippen molar-refractivity contribution in [3.05, 3.63) is 36.2 Å². The second kappa shape index (κ2) is 6.42. The van der Waals surface area contributed by atoms with Crippen LogP contribution in [0.3, 0.4) is 0 Å². The van der Waals surface area contributed by atoms with Crippen LogP contribution >= 0.6 is 11.8 Å². The number of aromatic nitrogens is 3. The van der Waals surface area contributed by atoms with Crippen molar-refractivity contribution in [2.45, 2.75) is 30.7 Å². The lowest BCUT2D eigenvalue weighted by molar-refractivity contribution is -0.115. The Morgan fingerprint density at radius 3 is 2.70 bits per heavy atom. The Kier molecular flexibility index (Phi) is 4.62. The first kappa shape index (κ1) is 14.4. The van der Waals surface area contributed by atoms with Crippen LogP contribution in [0.25, 0.3) is 0 Å². The molecule has 0 spiro atoms. The van der Waals surface area contributed by atoms with Gasteiger partial charge in [0.1, 0.15) is 0 Å². The van der Waals surface area contributed by atoms with E-state index in [-0.39, 0.29) is 11.2 Å². The Labute approximate surface area is 121 Å². The van der Waals surface area contributed by atoms with Gasteiger partial charge < -0.3 is 11.2 Å². The number of nitrogens with two attached hydrogens (primary N) is 1. The average Bonchev–Trinajstić information content (AvgIpc) is 2.80. The van der Waals surface area contributed by atoms with Gasteiger partial charge in [0, 0.05) is 12.1 Å². The molecular weight excluding hydrogens is 274 g/mol. The number of rotatable bonds is 5. The fourth-order valence-corrected chi connectivity index (χ4v) is 2.39. The minimum absolute atomic E-state index is 0.0951. The first-order chi connectivity index (χ1) is 9.61. The molecule has 1 amide bonds. The highest BCUT2D eigenvalue weighted by molar-refractivity contribution is 8.00. The third-order valence-corrected chi connectivity index (χ3v) is 3.80. The summed E-state index contributed by atoms with van der Waals surface area (Å²) in [4.78, 5) is 12.1. The SMILES string of the molecule is CCc1nnc(SC(C)C(=O)Nc2ccccc2)n1N. The summed E-state index contributed by atoms with van der Waals surface area (Å²) in [5, 5.41) is 11.0. The first-order valence-corrected chi connectivity index (χ1v) is 7.21. The zero-order valence-electron chi connectivity index (χ0n) is 11.4. The van der Waals surface area contributed by atoms with E-state index >= 15 is 0 Å². The van der Waals surface area contributed by atoms with E-state index in [2.05, 4.69) is 15.5 Å². The molecule has 0 bridgehead atoms. The van der Waals surface area contributed by atoms with E-state index in [1.54, 1.807) is 0 Å². The average molecular weight is 291 g/mol. The summed E-state index contributed by atoms with van der Waals surface area (Å²) in [6, 6.07) is 9.33. The van der Waals surface area contributed by atoms with E-state index in [4.69, 9.17) is 5.84 Å². The minimum Gasteiger partial charge on any atom is -0.336 e. The van der Waals surface area contributed by atoms with Gasteiger partial charge >= 0.3 is 0 Å². The van der Waals surface area contributed by atoms with Gasteiger partial charge in [-0.05, 0) is 19.1 Å². The van der Waals surface area contributed by atoms with Crippen molar-refractivity contribution in [3.63, 3.8) is 0 Å². The van der Waals surface area contributed by atoms with E-state index in [0.717, 1.165) is 5.69 Å².